The molecule has 0 aliphatic rings. The molecule has 0 aromatic heterocycles. The van der Waals surface area contributed by atoms with Crippen LogP contribution in [0.15, 0.2) is 54.6 Å². The number of carbonyl (C=O) groups is 1. The molecule has 0 aliphatic carbocycles. The van der Waals surface area contributed by atoms with Gasteiger partial charge in [-0.1, -0.05) is 37.3 Å². The Kier molecular flexibility index (Phi) is 6.85. The normalized spacial score (nSPS) is 13.5. The molecule has 0 heterocycles. The predicted molar refractivity (Wildman–Crippen MR) is 108 cm³/mol. The predicted octanol–water partition coefficient (Wildman–Crippen LogP) is 2.77. The zero-order valence-corrected chi connectivity index (χ0v) is 16.9. The monoisotopic (exact) mass is 390 g/mol. The summed E-state index contributed by atoms with van der Waals surface area (Å²) < 4.78 is 30.8. The molecular formula is C20H26N2O4S. The first-order valence-corrected chi connectivity index (χ1v) is 10.5. The van der Waals surface area contributed by atoms with Gasteiger partial charge in [0.2, 0.25) is 15.9 Å². The standard InChI is InChI=1S/C20H26N2O4S/c1-15(17-8-6-5-7-9-17)14-21-20(23)16(2)22(27(4,24)25)18-10-12-19(26-3)13-11-18/h5-13,15-16H,14H2,1-4H3,(H,21,23). The smallest absolute Gasteiger partial charge is 0.243 e. The molecule has 146 valence electrons. The zero-order valence-electron chi connectivity index (χ0n) is 16.0. The molecule has 0 spiro atoms. The van der Waals surface area contributed by atoms with Gasteiger partial charge < -0.3 is 10.1 Å². The molecule has 0 aliphatic heterocycles. The number of rotatable bonds is 8. The van der Waals surface area contributed by atoms with Crippen LogP contribution in [0.4, 0.5) is 5.69 Å². The van der Waals surface area contributed by atoms with Gasteiger partial charge in [-0.05, 0) is 42.7 Å². The highest BCUT2D eigenvalue weighted by Gasteiger charge is 2.29. The molecule has 1 N–H and O–H groups in total. The lowest BCUT2D eigenvalue weighted by atomic mass is 10.0. The number of hydrogen-bond donors (Lipinski definition) is 1. The van der Waals surface area contributed by atoms with Crippen LogP contribution in [0.2, 0.25) is 0 Å². The number of nitrogens with zero attached hydrogens (tertiary/aromatic N) is 1. The minimum Gasteiger partial charge on any atom is -0.497 e. The fourth-order valence-electron chi connectivity index (χ4n) is 2.84. The van der Waals surface area contributed by atoms with Crippen LogP contribution in [0.5, 0.6) is 5.75 Å². The van der Waals surface area contributed by atoms with Crippen LogP contribution in [0.25, 0.3) is 0 Å². The Balaban J connectivity index is 2.12. The summed E-state index contributed by atoms with van der Waals surface area (Å²) in [6.07, 6.45) is 1.09. The fraction of sp³-hybridized carbons (Fsp3) is 0.350. The molecule has 1 amide bonds. The molecule has 0 fully saturated rings. The molecule has 0 saturated carbocycles. The molecule has 2 aromatic rings. The third-order valence-corrected chi connectivity index (χ3v) is 5.61. The molecule has 2 unspecified atom stereocenters. The van der Waals surface area contributed by atoms with Gasteiger partial charge in [-0.15, -0.1) is 0 Å². The second-order valence-electron chi connectivity index (χ2n) is 6.49. The number of sulfonamides is 1. The molecule has 0 radical (unpaired) electrons. The molecule has 2 rings (SSSR count). The summed E-state index contributed by atoms with van der Waals surface area (Å²) in [5.41, 5.74) is 1.53. The van der Waals surface area contributed by atoms with E-state index in [2.05, 4.69) is 5.32 Å². The SMILES string of the molecule is COc1ccc(N(C(C)C(=O)NCC(C)c2ccccc2)S(C)(=O)=O)cc1. The highest BCUT2D eigenvalue weighted by atomic mass is 32.2. The number of nitrogens with one attached hydrogen (secondary N) is 1. The third-order valence-electron chi connectivity index (χ3n) is 4.37. The molecule has 2 aromatic carbocycles. The Morgan fingerprint density at radius 3 is 2.19 bits per heavy atom. The van der Waals surface area contributed by atoms with Crippen molar-refractivity contribution in [1.82, 2.24) is 5.32 Å². The summed E-state index contributed by atoms with van der Waals surface area (Å²) in [5, 5.41) is 2.86. The van der Waals surface area contributed by atoms with Gasteiger partial charge in [0.15, 0.2) is 0 Å². The van der Waals surface area contributed by atoms with E-state index in [-0.39, 0.29) is 11.8 Å². The van der Waals surface area contributed by atoms with Gasteiger partial charge >= 0.3 is 0 Å². The van der Waals surface area contributed by atoms with Crippen LogP contribution < -0.4 is 14.4 Å². The van der Waals surface area contributed by atoms with Gasteiger partial charge in [-0.2, -0.15) is 0 Å². The summed E-state index contributed by atoms with van der Waals surface area (Å²) in [4.78, 5) is 12.6. The maximum absolute atomic E-state index is 12.6. The number of methoxy groups -OCH3 is 1. The number of anilines is 1. The fourth-order valence-corrected chi connectivity index (χ4v) is 4.01. The number of carbonyl (C=O) groups excluding carboxylic acids is 1. The molecule has 2 atom stereocenters. The molecule has 7 heteroatoms. The van der Waals surface area contributed by atoms with Crippen molar-refractivity contribution in [1.29, 1.82) is 0 Å². The van der Waals surface area contributed by atoms with E-state index >= 15 is 0 Å². The summed E-state index contributed by atoms with van der Waals surface area (Å²) >= 11 is 0. The van der Waals surface area contributed by atoms with E-state index < -0.39 is 16.1 Å². The first-order chi connectivity index (χ1) is 12.7. The Labute approximate surface area is 161 Å². The minimum atomic E-state index is -3.64. The number of hydrogen-bond acceptors (Lipinski definition) is 4. The Hall–Kier alpha value is -2.54. The van der Waals surface area contributed by atoms with Gasteiger partial charge in [0, 0.05) is 6.54 Å². The second kappa shape index (κ2) is 8.90. The lowest BCUT2D eigenvalue weighted by molar-refractivity contribution is -0.121. The Morgan fingerprint density at radius 2 is 1.67 bits per heavy atom. The first kappa shape index (κ1) is 20.8. The Morgan fingerprint density at radius 1 is 1.07 bits per heavy atom. The summed E-state index contributed by atoms with van der Waals surface area (Å²) in [6.45, 7) is 4.01. The maximum atomic E-state index is 12.6. The van der Waals surface area contributed by atoms with E-state index in [1.807, 2.05) is 37.3 Å². The van der Waals surface area contributed by atoms with Crippen LogP contribution in [0, 0.1) is 0 Å². The van der Waals surface area contributed by atoms with Crippen molar-refractivity contribution in [2.75, 3.05) is 24.2 Å². The van der Waals surface area contributed by atoms with E-state index in [9.17, 15) is 13.2 Å². The van der Waals surface area contributed by atoms with Gasteiger partial charge in [-0.25, -0.2) is 8.42 Å². The highest BCUT2D eigenvalue weighted by molar-refractivity contribution is 7.92. The van der Waals surface area contributed by atoms with Crippen molar-refractivity contribution < 1.29 is 17.9 Å². The quantitative estimate of drug-likeness (QED) is 0.752. The van der Waals surface area contributed by atoms with Crippen molar-refractivity contribution >= 4 is 21.6 Å². The minimum absolute atomic E-state index is 0.120. The van der Waals surface area contributed by atoms with Crippen molar-refractivity contribution in [2.24, 2.45) is 0 Å². The zero-order chi connectivity index (χ0) is 20.0. The topological polar surface area (TPSA) is 75.7 Å². The van der Waals surface area contributed by atoms with Crippen LogP contribution in [0.1, 0.15) is 25.3 Å². The molecule has 6 nitrogen and oxygen atoms in total. The van der Waals surface area contributed by atoms with Crippen molar-refractivity contribution in [3.8, 4) is 5.75 Å². The van der Waals surface area contributed by atoms with E-state index in [4.69, 9.17) is 4.74 Å². The van der Waals surface area contributed by atoms with Crippen molar-refractivity contribution in [2.45, 2.75) is 25.8 Å². The van der Waals surface area contributed by atoms with E-state index in [1.54, 1.807) is 31.2 Å². The largest absolute Gasteiger partial charge is 0.497 e. The van der Waals surface area contributed by atoms with Crippen LogP contribution in [-0.4, -0.2) is 40.3 Å². The summed E-state index contributed by atoms with van der Waals surface area (Å²) in [6, 6.07) is 15.5. The van der Waals surface area contributed by atoms with Gasteiger partial charge in [0.25, 0.3) is 0 Å². The van der Waals surface area contributed by atoms with Crippen LogP contribution >= 0.6 is 0 Å². The van der Waals surface area contributed by atoms with Gasteiger partial charge in [-0.3, -0.25) is 9.10 Å². The number of amides is 1. The average molecular weight is 391 g/mol. The average Bonchev–Trinajstić information content (AvgIpc) is 2.66. The molecular weight excluding hydrogens is 364 g/mol. The summed E-state index contributed by atoms with van der Waals surface area (Å²) in [5.74, 6) is 0.384. The maximum Gasteiger partial charge on any atom is 0.243 e. The van der Waals surface area contributed by atoms with Crippen molar-refractivity contribution in [3.63, 3.8) is 0 Å². The molecule has 0 bridgehead atoms. The van der Waals surface area contributed by atoms with E-state index in [1.165, 1.54) is 7.11 Å². The van der Waals surface area contributed by atoms with Gasteiger partial charge in [0.1, 0.15) is 11.8 Å². The Bertz CT molecular complexity index is 851. The van der Waals surface area contributed by atoms with Crippen LogP contribution in [-0.2, 0) is 14.8 Å². The number of benzene rings is 2. The lowest BCUT2D eigenvalue weighted by Gasteiger charge is -2.28. The highest BCUT2D eigenvalue weighted by Crippen LogP contribution is 2.24. The van der Waals surface area contributed by atoms with Gasteiger partial charge in [0.05, 0.1) is 19.1 Å². The lowest BCUT2D eigenvalue weighted by Crippen LogP contribution is -2.48. The van der Waals surface area contributed by atoms with E-state index in [0.717, 1.165) is 16.1 Å². The second-order valence-corrected chi connectivity index (χ2v) is 8.35. The van der Waals surface area contributed by atoms with E-state index in [0.29, 0.717) is 18.0 Å². The van der Waals surface area contributed by atoms with Crippen molar-refractivity contribution in [3.05, 3.63) is 60.2 Å². The molecule has 27 heavy (non-hydrogen) atoms. The number of ether oxygens (including phenoxy) is 1. The summed E-state index contributed by atoms with van der Waals surface area (Å²) in [7, 11) is -2.11. The third kappa shape index (κ3) is 5.47. The molecule has 0 saturated heterocycles. The van der Waals surface area contributed by atoms with Crippen LogP contribution in [0.3, 0.4) is 0 Å². The first-order valence-electron chi connectivity index (χ1n) is 8.70.